The van der Waals surface area contributed by atoms with Gasteiger partial charge in [0.2, 0.25) is 11.7 Å². The minimum absolute atomic E-state index is 0.0559. The zero-order chi connectivity index (χ0) is 13.5. The van der Waals surface area contributed by atoms with Crippen LogP contribution >= 0.6 is 0 Å². The van der Waals surface area contributed by atoms with Crippen LogP contribution in [0.2, 0.25) is 0 Å². The van der Waals surface area contributed by atoms with Crippen molar-refractivity contribution in [2.24, 2.45) is 5.92 Å². The molecule has 0 fully saturated rings. The first-order valence-corrected chi connectivity index (χ1v) is 6.64. The van der Waals surface area contributed by atoms with Gasteiger partial charge in [-0.25, -0.2) is 0 Å². The van der Waals surface area contributed by atoms with Crippen LogP contribution in [0.1, 0.15) is 51.4 Å². The third-order valence-corrected chi connectivity index (χ3v) is 3.18. The highest BCUT2D eigenvalue weighted by atomic mass is 16.5. The van der Waals surface area contributed by atoms with E-state index in [1.165, 1.54) is 0 Å². The maximum absolute atomic E-state index is 5.37. The Morgan fingerprint density at radius 2 is 2.11 bits per heavy atom. The Labute approximate surface area is 109 Å². The van der Waals surface area contributed by atoms with Crippen molar-refractivity contribution in [2.45, 2.75) is 52.2 Å². The fourth-order valence-electron chi connectivity index (χ4n) is 1.96. The van der Waals surface area contributed by atoms with Crippen LogP contribution in [0.5, 0.6) is 0 Å². The van der Waals surface area contributed by atoms with Crippen LogP contribution in [-0.4, -0.2) is 30.3 Å². The summed E-state index contributed by atoms with van der Waals surface area (Å²) in [5, 5.41) is 7.28. The molecule has 1 heterocycles. The van der Waals surface area contributed by atoms with E-state index >= 15 is 0 Å². The molecule has 2 atom stereocenters. The second kappa shape index (κ2) is 7.48. The molecule has 0 radical (unpaired) electrons. The number of nitrogens with one attached hydrogen (secondary N) is 1. The number of rotatable bonds is 8. The van der Waals surface area contributed by atoms with Crippen LogP contribution < -0.4 is 5.32 Å². The van der Waals surface area contributed by atoms with Crippen molar-refractivity contribution in [3.8, 4) is 0 Å². The van der Waals surface area contributed by atoms with Gasteiger partial charge in [-0.15, -0.1) is 0 Å². The highest BCUT2D eigenvalue weighted by Crippen LogP contribution is 2.19. The van der Waals surface area contributed by atoms with Crippen LogP contribution in [0, 0.1) is 5.92 Å². The molecule has 5 nitrogen and oxygen atoms in total. The molecule has 0 amide bonds. The van der Waals surface area contributed by atoms with Gasteiger partial charge in [0.05, 0.1) is 0 Å². The molecule has 1 aromatic heterocycles. The smallest absolute Gasteiger partial charge is 0.228 e. The average Bonchev–Trinajstić information content (AvgIpc) is 2.81. The minimum Gasteiger partial charge on any atom is -0.373 e. The summed E-state index contributed by atoms with van der Waals surface area (Å²) < 4.78 is 10.7. The van der Waals surface area contributed by atoms with Gasteiger partial charge in [-0.1, -0.05) is 32.3 Å². The van der Waals surface area contributed by atoms with Crippen molar-refractivity contribution in [1.29, 1.82) is 0 Å². The molecular weight excluding hydrogens is 230 g/mol. The SMILES string of the molecule is CCCC(OC)c1noc(CC(NC)C(C)C)n1. The Kier molecular flexibility index (Phi) is 6.29. The molecule has 0 aliphatic rings. The van der Waals surface area contributed by atoms with E-state index in [1.54, 1.807) is 7.11 Å². The number of likely N-dealkylation sites (N-methyl/N-ethyl adjacent to an activating group) is 1. The second-order valence-corrected chi connectivity index (χ2v) is 4.90. The average molecular weight is 255 g/mol. The van der Waals surface area contributed by atoms with Gasteiger partial charge in [-0.2, -0.15) is 4.98 Å². The second-order valence-electron chi connectivity index (χ2n) is 4.90. The molecule has 1 N–H and O–H groups in total. The Hall–Kier alpha value is -0.940. The standard InChI is InChI=1S/C13H25N3O2/c1-6-7-11(17-5)13-15-12(18-16-13)8-10(14-4)9(2)3/h9-11,14H,6-8H2,1-5H3. The highest BCUT2D eigenvalue weighted by molar-refractivity contribution is 4.93. The number of hydrogen-bond acceptors (Lipinski definition) is 5. The Morgan fingerprint density at radius 1 is 1.39 bits per heavy atom. The molecule has 1 rings (SSSR count). The van der Waals surface area contributed by atoms with E-state index < -0.39 is 0 Å². The number of aromatic nitrogens is 2. The molecule has 0 aliphatic heterocycles. The lowest BCUT2D eigenvalue weighted by Gasteiger charge is -2.17. The van der Waals surface area contributed by atoms with Crippen LogP contribution in [-0.2, 0) is 11.2 Å². The normalized spacial score (nSPS) is 15.0. The summed E-state index contributed by atoms with van der Waals surface area (Å²) >= 11 is 0. The lowest BCUT2D eigenvalue weighted by Crippen LogP contribution is -2.32. The predicted molar refractivity (Wildman–Crippen MR) is 70.3 cm³/mol. The quantitative estimate of drug-likeness (QED) is 0.772. The van der Waals surface area contributed by atoms with Crippen LogP contribution in [0.3, 0.4) is 0 Å². The molecule has 0 bridgehead atoms. The van der Waals surface area contributed by atoms with Gasteiger partial charge in [0.15, 0.2) is 0 Å². The van der Waals surface area contributed by atoms with E-state index in [1.807, 2.05) is 7.05 Å². The molecule has 0 saturated carbocycles. The molecule has 104 valence electrons. The van der Waals surface area contributed by atoms with E-state index in [-0.39, 0.29) is 6.10 Å². The fraction of sp³-hybridized carbons (Fsp3) is 0.846. The van der Waals surface area contributed by atoms with Gasteiger partial charge in [-0.3, -0.25) is 0 Å². The Morgan fingerprint density at radius 3 is 2.61 bits per heavy atom. The van der Waals surface area contributed by atoms with Crippen molar-refractivity contribution < 1.29 is 9.26 Å². The van der Waals surface area contributed by atoms with E-state index in [4.69, 9.17) is 9.26 Å². The van der Waals surface area contributed by atoms with Crippen molar-refractivity contribution in [1.82, 2.24) is 15.5 Å². The summed E-state index contributed by atoms with van der Waals surface area (Å²) in [4.78, 5) is 4.43. The van der Waals surface area contributed by atoms with Gasteiger partial charge in [-0.05, 0) is 19.4 Å². The summed E-state index contributed by atoms with van der Waals surface area (Å²) in [5.74, 6) is 1.86. The van der Waals surface area contributed by atoms with Crippen molar-refractivity contribution >= 4 is 0 Å². The summed E-state index contributed by atoms with van der Waals surface area (Å²) in [5.41, 5.74) is 0. The first-order chi connectivity index (χ1) is 8.62. The Balaban J connectivity index is 2.67. The summed E-state index contributed by atoms with van der Waals surface area (Å²) in [6.45, 7) is 6.46. The minimum atomic E-state index is -0.0559. The highest BCUT2D eigenvalue weighted by Gasteiger charge is 2.20. The first-order valence-electron chi connectivity index (χ1n) is 6.64. The monoisotopic (exact) mass is 255 g/mol. The molecule has 0 spiro atoms. The maximum atomic E-state index is 5.37. The Bertz CT molecular complexity index is 339. The number of methoxy groups -OCH3 is 1. The lowest BCUT2D eigenvalue weighted by molar-refractivity contribution is 0.0854. The molecule has 5 heteroatoms. The van der Waals surface area contributed by atoms with Crippen molar-refractivity contribution in [2.75, 3.05) is 14.2 Å². The molecule has 2 unspecified atom stereocenters. The zero-order valence-corrected chi connectivity index (χ0v) is 12.1. The maximum Gasteiger partial charge on any atom is 0.228 e. The van der Waals surface area contributed by atoms with E-state index in [2.05, 4.69) is 36.2 Å². The third kappa shape index (κ3) is 4.07. The summed E-state index contributed by atoms with van der Waals surface area (Å²) in [6.07, 6.45) is 2.64. The van der Waals surface area contributed by atoms with E-state index in [0.717, 1.165) is 19.3 Å². The topological polar surface area (TPSA) is 60.2 Å². The van der Waals surface area contributed by atoms with E-state index in [0.29, 0.717) is 23.7 Å². The van der Waals surface area contributed by atoms with Crippen LogP contribution in [0.25, 0.3) is 0 Å². The van der Waals surface area contributed by atoms with Gasteiger partial charge >= 0.3 is 0 Å². The third-order valence-electron chi connectivity index (χ3n) is 3.18. The fourth-order valence-corrected chi connectivity index (χ4v) is 1.96. The van der Waals surface area contributed by atoms with Gasteiger partial charge < -0.3 is 14.6 Å². The summed E-state index contributed by atoms with van der Waals surface area (Å²) in [7, 11) is 3.64. The molecule has 0 aromatic carbocycles. The number of hydrogen-bond donors (Lipinski definition) is 1. The number of ether oxygens (including phenoxy) is 1. The van der Waals surface area contributed by atoms with Gasteiger partial charge in [0.1, 0.15) is 6.10 Å². The zero-order valence-electron chi connectivity index (χ0n) is 12.1. The van der Waals surface area contributed by atoms with Crippen molar-refractivity contribution in [3.05, 3.63) is 11.7 Å². The van der Waals surface area contributed by atoms with Crippen molar-refractivity contribution in [3.63, 3.8) is 0 Å². The molecule has 1 aromatic rings. The molecule has 0 saturated heterocycles. The lowest BCUT2D eigenvalue weighted by atomic mass is 10.0. The first kappa shape index (κ1) is 15.1. The molecule has 18 heavy (non-hydrogen) atoms. The van der Waals surface area contributed by atoms with Gasteiger partial charge in [0, 0.05) is 19.6 Å². The van der Waals surface area contributed by atoms with Gasteiger partial charge in [0.25, 0.3) is 0 Å². The molecule has 0 aliphatic carbocycles. The predicted octanol–water partition coefficient (Wildman–Crippen LogP) is 2.34. The van der Waals surface area contributed by atoms with Crippen LogP contribution in [0.15, 0.2) is 4.52 Å². The molecular formula is C13H25N3O2. The number of nitrogens with zero attached hydrogens (tertiary/aromatic N) is 2. The van der Waals surface area contributed by atoms with Crippen LogP contribution in [0.4, 0.5) is 0 Å². The summed E-state index contributed by atoms with van der Waals surface area (Å²) in [6, 6.07) is 0.352. The largest absolute Gasteiger partial charge is 0.373 e. The van der Waals surface area contributed by atoms with E-state index in [9.17, 15) is 0 Å².